The van der Waals surface area contributed by atoms with Gasteiger partial charge in [0, 0.05) is 32.2 Å². The van der Waals surface area contributed by atoms with Gasteiger partial charge in [0.05, 0.1) is 6.54 Å². The van der Waals surface area contributed by atoms with E-state index in [9.17, 15) is 9.59 Å². The van der Waals surface area contributed by atoms with Crippen LogP contribution in [0.25, 0.3) is 0 Å². The normalized spacial score (nSPS) is 20.4. The molecule has 0 aliphatic carbocycles. The lowest BCUT2D eigenvalue weighted by molar-refractivity contribution is -0.121. The quantitative estimate of drug-likeness (QED) is 0.601. The molecule has 3 N–H and O–H groups in total. The van der Waals surface area contributed by atoms with E-state index in [1.54, 1.807) is 0 Å². The third-order valence-electron chi connectivity index (χ3n) is 2.89. The molecule has 104 valence electrons. The molecular formula is C12H24N4O2. The van der Waals surface area contributed by atoms with Crippen LogP contribution in [0.1, 0.15) is 26.7 Å². The Morgan fingerprint density at radius 1 is 1.44 bits per heavy atom. The van der Waals surface area contributed by atoms with Crippen molar-refractivity contribution in [2.24, 2.45) is 0 Å². The lowest BCUT2D eigenvalue weighted by atomic mass is 10.2. The minimum absolute atomic E-state index is 0.238. The van der Waals surface area contributed by atoms with Crippen molar-refractivity contribution in [3.05, 3.63) is 0 Å². The van der Waals surface area contributed by atoms with Gasteiger partial charge in [-0.2, -0.15) is 0 Å². The largest absolute Gasteiger partial charge is 0.338 e. The third kappa shape index (κ3) is 5.97. The van der Waals surface area contributed by atoms with Gasteiger partial charge in [-0.25, -0.2) is 4.79 Å². The van der Waals surface area contributed by atoms with Crippen LogP contribution in [0.2, 0.25) is 0 Å². The Labute approximate surface area is 108 Å². The zero-order chi connectivity index (χ0) is 13.4. The first-order valence-corrected chi connectivity index (χ1v) is 6.65. The summed E-state index contributed by atoms with van der Waals surface area (Å²) in [6, 6.07) is 0.00145. The number of hydrogen-bond donors (Lipinski definition) is 3. The highest BCUT2D eigenvalue weighted by Gasteiger charge is 2.18. The Hall–Kier alpha value is -1.14. The molecule has 1 saturated heterocycles. The van der Waals surface area contributed by atoms with Gasteiger partial charge in [0.25, 0.3) is 0 Å². The average Bonchev–Trinajstić information content (AvgIpc) is 2.29. The van der Waals surface area contributed by atoms with E-state index in [0.717, 1.165) is 32.5 Å². The van der Waals surface area contributed by atoms with Gasteiger partial charge in [0.1, 0.15) is 0 Å². The number of carbonyl (C=O) groups excluding carboxylic acids is 2. The SMILES string of the molecule is CCCCNC(=O)NC(=O)CN1CCNC(C)C1. The van der Waals surface area contributed by atoms with Gasteiger partial charge in [-0.3, -0.25) is 15.0 Å². The molecule has 0 radical (unpaired) electrons. The zero-order valence-corrected chi connectivity index (χ0v) is 11.3. The molecule has 18 heavy (non-hydrogen) atoms. The molecule has 0 aromatic heterocycles. The molecule has 3 amide bonds. The molecule has 0 spiro atoms. The number of imide groups is 1. The van der Waals surface area contributed by atoms with Crippen LogP contribution >= 0.6 is 0 Å². The second-order valence-electron chi connectivity index (χ2n) is 4.75. The molecule has 6 heteroatoms. The minimum Gasteiger partial charge on any atom is -0.338 e. The number of piperazine rings is 1. The van der Waals surface area contributed by atoms with Crippen LogP contribution in [0, 0.1) is 0 Å². The molecule has 1 heterocycles. The number of nitrogens with zero attached hydrogens (tertiary/aromatic N) is 1. The van der Waals surface area contributed by atoms with Gasteiger partial charge in [-0.1, -0.05) is 13.3 Å². The van der Waals surface area contributed by atoms with Gasteiger partial charge in [0.2, 0.25) is 5.91 Å². The highest BCUT2D eigenvalue weighted by atomic mass is 16.2. The molecule has 1 aliphatic rings. The van der Waals surface area contributed by atoms with Gasteiger partial charge in [-0.15, -0.1) is 0 Å². The molecule has 0 saturated carbocycles. The second kappa shape index (κ2) is 8.05. The van der Waals surface area contributed by atoms with Crippen molar-refractivity contribution in [1.29, 1.82) is 0 Å². The van der Waals surface area contributed by atoms with Crippen molar-refractivity contribution in [2.75, 3.05) is 32.7 Å². The number of rotatable bonds is 5. The molecule has 0 bridgehead atoms. The molecule has 1 aliphatic heterocycles. The monoisotopic (exact) mass is 256 g/mol. The second-order valence-corrected chi connectivity index (χ2v) is 4.75. The number of unbranched alkanes of at least 4 members (excludes halogenated alkanes) is 1. The average molecular weight is 256 g/mol. The van der Waals surface area contributed by atoms with Crippen molar-refractivity contribution in [1.82, 2.24) is 20.9 Å². The molecule has 1 unspecified atom stereocenters. The summed E-state index contributed by atoms with van der Waals surface area (Å²) in [5.74, 6) is -0.238. The fourth-order valence-electron chi connectivity index (χ4n) is 1.95. The van der Waals surface area contributed by atoms with E-state index in [1.165, 1.54) is 0 Å². The molecule has 1 rings (SSSR count). The molecule has 1 fully saturated rings. The molecular weight excluding hydrogens is 232 g/mol. The topological polar surface area (TPSA) is 73.5 Å². The predicted molar refractivity (Wildman–Crippen MR) is 70.4 cm³/mol. The summed E-state index contributed by atoms with van der Waals surface area (Å²) in [5, 5.41) is 8.32. The zero-order valence-electron chi connectivity index (χ0n) is 11.3. The summed E-state index contributed by atoms with van der Waals surface area (Å²) in [5.41, 5.74) is 0. The first-order chi connectivity index (χ1) is 8.61. The maximum atomic E-state index is 11.6. The molecule has 0 aromatic rings. The minimum atomic E-state index is -0.392. The summed E-state index contributed by atoms with van der Waals surface area (Å²) in [6.45, 7) is 7.60. The summed E-state index contributed by atoms with van der Waals surface area (Å²) in [4.78, 5) is 25.0. The van der Waals surface area contributed by atoms with E-state index >= 15 is 0 Å². The fourth-order valence-corrected chi connectivity index (χ4v) is 1.95. The van der Waals surface area contributed by atoms with Crippen LogP contribution in [-0.2, 0) is 4.79 Å². The van der Waals surface area contributed by atoms with Crippen LogP contribution in [0.4, 0.5) is 4.79 Å². The highest BCUT2D eigenvalue weighted by molar-refractivity contribution is 5.95. The smallest absolute Gasteiger partial charge is 0.321 e. The Balaban J connectivity index is 2.18. The standard InChI is InChI=1S/C12H24N4O2/c1-3-4-5-14-12(18)15-11(17)9-16-7-6-13-10(2)8-16/h10,13H,3-9H2,1-2H3,(H2,14,15,17,18). The van der Waals surface area contributed by atoms with Crippen LogP contribution in [-0.4, -0.2) is 55.6 Å². The van der Waals surface area contributed by atoms with Crippen molar-refractivity contribution in [2.45, 2.75) is 32.7 Å². The first-order valence-electron chi connectivity index (χ1n) is 6.65. The van der Waals surface area contributed by atoms with Crippen LogP contribution in [0.3, 0.4) is 0 Å². The van der Waals surface area contributed by atoms with E-state index in [4.69, 9.17) is 0 Å². The third-order valence-corrected chi connectivity index (χ3v) is 2.89. The molecule has 0 aromatic carbocycles. The maximum Gasteiger partial charge on any atom is 0.321 e. The highest BCUT2D eigenvalue weighted by Crippen LogP contribution is 1.97. The Morgan fingerprint density at radius 2 is 2.22 bits per heavy atom. The molecule has 1 atom stereocenters. The number of nitrogens with one attached hydrogen (secondary N) is 3. The van der Waals surface area contributed by atoms with Crippen LogP contribution in [0.5, 0.6) is 0 Å². The van der Waals surface area contributed by atoms with Crippen molar-refractivity contribution < 1.29 is 9.59 Å². The molecule has 6 nitrogen and oxygen atoms in total. The van der Waals surface area contributed by atoms with Crippen LogP contribution < -0.4 is 16.0 Å². The van der Waals surface area contributed by atoms with Gasteiger partial charge >= 0.3 is 6.03 Å². The lowest BCUT2D eigenvalue weighted by Gasteiger charge is -2.31. The van der Waals surface area contributed by atoms with Gasteiger partial charge < -0.3 is 10.6 Å². The maximum absolute atomic E-state index is 11.6. The van der Waals surface area contributed by atoms with Crippen molar-refractivity contribution >= 4 is 11.9 Å². The van der Waals surface area contributed by atoms with E-state index < -0.39 is 6.03 Å². The summed E-state index contributed by atoms with van der Waals surface area (Å²) < 4.78 is 0. The van der Waals surface area contributed by atoms with Crippen LogP contribution in [0.15, 0.2) is 0 Å². The Morgan fingerprint density at radius 3 is 2.89 bits per heavy atom. The number of hydrogen-bond acceptors (Lipinski definition) is 4. The lowest BCUT2D eigenvalue weighted by Crippen LogP contribution is -2.53. The summed E-state index contributed by atoms with van der Waals surface area (Å²) in [7, 11) is 0. The fraction of sp³-hybridized carbons (Fsp3) is 0.833. The van der Waals surface area contributed by atoms with E-state index in [1.807, 2.05) is 0 Å². The van der Waals surface area contributed by atoms with Gasteiger partial charge in [0.15, 0.2) is 0 Å². The van der Waals surface area contributed by atoms with Crippen molar-refractivity contribution in [3.8, 4) is 0 Å². The summed E-state index contributed by atoms with van der Waals surface area (Å²) in [6.07, 6.45) is 1.95. The Kier molecular flexibility index (Phi) is 6.67. The first kappa shape index (κ1) is 14.9. The van der Waals surface area contributed by atoms with E-state index in [0.29, 0.717) is 12.6 Å². The number of urea groups is 1. The van der Waals surface area contributed by atoms with E-state index in [-0.39, 0.29) is 12.5 Å². The number of carbonyl (C=O) groups is 2. The number of amides is 3. The van der Waals surface area contributed by atoms with E-state index in [2.05, 4.69) is 34.7 Å². The van der Waals surface area contributed by atoms with Crippen molar-refractivity contribution in [3.63, 3.8) is 0 Å². The Bertz CT molecular complexity index is 283. The summed E-state index contributed by atoms with van der Waals surface area (Å²) >= 11 is 0. The predicted octanol–water partition coefficient (Wildman–Crippen LogP) is -0.0940. The van der Waals surface area contributed by atoms with Gasteiger partial charge in [-0.05, 0) is 13.3 Å².